The summed E-state index contributed by atoms with van der Waals surface area (Å²) in [6.07, 6.45) is 1.85. The number of nitrogens with one attached hydrogen (secondary N) is 2. The summed E-state index contributed by atoms with van der Waals surface area (Å²) in [4.78, 5) is 22.4. The number of carboxylic acid groups (broad SMARTS) is 1. The summed E-state index contributed by atoms with van der Waals surface area (Å²) in [5.41, 5.74) is 0. The molecule has 0 aliphatic rings. The van der Waals surface area contributed by atoms with Gasteiger partial charge in [0.1, 0.15) is 6.04 Å². The fraction of sp³-hybridized carbons (Fsp3) is 0.818. The minimum Gasteiger partial charge on any atom is -0.480 e. The van der Waals surface area contributed by atoms with Crippen molar-refractivity contribution in [3.8, 4) is 0 Å². The first-order valence-electron chi connectivity index (χ1n) is 5.83. The minimum absolute atomic E-state index is 0.101. The van der Waals surface area contributed by atoms with Gasteiger partial charge in [0.2, 0.25) is 0 Å². The van der Waals surface area contributed by atoms with Crippen LogP contribution in [0.2, 0.25) is 0 Å². The lowest BCUT2D eigenvalue weighted by Gasteiger charge is -2.19. The molecular weight excluding hydrogens is 224 g/mol. The molecule has 0 heterocycles. The van der Waals surface area contributed by atoms with Gasteiger partial charge in [-0.2, -0.15) is 0 Å². The molecule has 0 aliphatic carbocycles. The maximum absolute atomic E-state index is 11.5. The summed E-state index contributed by atoms with van der Waals surface area (Å²) in [7, 11) is 1.55. The van der Waals surface area contributed by atoms with Crippen LogP contribution in [0.4, 0.5) is 4.79 Å². The Bertz CT molecular complexity index is 246. The SMILES string of the molecule is CCCC(NC(=O)NC(CC)COC)C(=O)O. The van der Waals surface area contributed by atoms with Crippen molar-refractivity contribution in [2.45, 2.75) is 45.2 Å². The van der Waals surface area contributed by atoms with Crippen molar-refractivity contribution in [2.75, 3.05) is 13.7 Å². The second-order valence-corrected chi connectivity index (χ2v) is 3.86. The van der Waals surface area contributed by atoms with Crippen LogP contribution in [0.1, 0.15) is 33.1 Å². The van der Waals surface area contributed by atoms with Crippen molar-refractivity contribution in [2.24, 2.45) is 0 Å². The molecule has 6 heteroatoms. The summed E-state index contributed by atoms with van der Waals surface area (Å²) in [5, 5.41) is 14.0. The number of carbonyl (C=O) groups excluding carboxylic acids is 1. The maximum atomic E-state index is 11.5. The number of urea groups is 1. The van der Waals surface area contributed by atoms with Crippen LogP contribution in [0.3, 0.4) is 0 Å². The molecule has 0 aromatic rings. The van der Waals surface area contributed by atoms with Crippen LogP contribution in [0.15, 0.2) is 0 Å². The molecule has 0 aromatic heterocycles. The van der Waals surface area contributed by atoms with Gasteiger partial charge in [-0.25, -0.2) is 9.59 Å². The Morgan fingerprint density at radius 3 is 2.35 bits per heavy atom. The zero-order valence-electron chi connectivity index (χ0n) is 10.7. The van der Waals surface area contributed by atoms with Crippen molar-refractivity contribution in [3.63, 3.8) is 0 Å². The molecule has 0 radical (unpaired) electrons. The number of carbonyl (C=O) groups is 2. The molecule has 100 valence electrons. The number of hydrogen-bond acceptors (Lipinski definition) is 3. The Kier molecular flexibility index (Phi) is 8.13. The molecular formula is C11H22N2O4. The molecule has 0 saturated heterocycles. The molecule has 0 aromatic carbocycles. The average Bonchev–Trinajstić information content (AvgIpc) is 2.27. The predicted octanol–water partition coefficient (Wildman–Crippen LogP) is 0.964. The van der Waals surface area contributed by atoms with Crippen LogP contribution in [0, 0.1) is 0 Å². The summed E-state index contributed by atoms with van der Waals surface area (Å²) < 4.78 is 4.94. The number of ether oxygens (including phenoxy) is 1. The molecule has 0 spiro atoms. The van der Waals surface area contributed by atoms with Gasteiger partial charge >= 0.3 is 12.0 Å². The van der Waals surface area contributed by atoms with E-state index in [4.69, 9.17) is 9.84 Å². The van der Waals surface area contributed by atoms with Gasteiger partial charge in [-0.3, -0.25) is 0 Å². The number of amides is 2. The van der Waals surface area contributed by atoms with Gasteiger partial charge in [0.25, 0.3) is 0 Å². The standard InChI is InChI=1S/C11H22N2O4/c1-4-6-9(10(14)15)13-11(16)12-8(5-2)7-17-3/h8-9H,4-7H2,1-3H3,(H,14,15)(H2,12,13,16). The summed E-state index contributed by atoms with van der Waals surface area (Å²) in [6.45, 7) is 4.20. The highest BCUT2D eigenvalue weighted by molar-refractivity contribution is 5.82. The van der Waals surface area contributed by atoms with E-state index in [-0.39, 0.29) is 6.04 Å². The zero-order valence-corrected chi connectivity index (χ0v) is 10.7. The third-order valence-electron chi connectivity index (χ3n) is 2.38. The number of rotatable bonds is 8. The molecule has 0 rings (SSSR count). The fourth-order valence-corrected chi connectivity index (χ4v) is 1.39. The maximum Gasteiger partial charge on any atom is 0.326 e. The first kappa shape index (κ1) is 15.7. The summed E-state index contributed by atoms with van der Waals surface area (Å²) >= 11 is 0. The van der Waals surface area contributed by atoms with Gasteiger partial charge in [-0.15, -0.1) is 0 Å². The second-order valence-electron chi connectivity index (χ2n) is 3.86. The van der Waals surface area contributed by atoms with E-state index in [2.05, 4.69) is 10.6 Å². The first-order chi connectivity index (χ1) is 8.04. The van der Waals surface area contributed by atoms with Gasteiger partial charge in [-0.1, -0.05) is 20.3 Å². The zero-order chi connectivity index (χ0) is 13.3. The fourth-order valence-electron chi connectivity index (χ4n) is 1.39. The molecule has 3 N–H and O–H groups in total. The van der Waals surface area contributed by atoms with Crippen molar-refractivity contribution in [1.82, 2.24) is 10.6 Å². The Labute approximate surface area is 102 Å². The number of carboxylic acids is 1. The van der Waals surface area contributed by atoms with Gasteiger partial charge < -0.3 is 20.5 Å². The van der Waals surface area contributed by atoms with E-state index >= 15 is 0 Å². The van der Waals surface area contributed by atoms with Gasteiger partial charge in [0, 0.05) is 7.11 Å². The molecule has 0 fully saturated rings. The number of aliphatic carboxylic acids is 1. The Morgan fingerprint density at radius 2 is 1.94 bits per heavy atom. The van der Waals surface area contributed by atoms with E-state index in [1.807, 2.05) is 13.8 Å². The van der Waals surface area contributed by atoms with E-state index in [9.17, 15) is 9.59 Å². The monoisotopic (exact) mass is 246 g/mol. The molecule has 2 unspecified atom stereocenters. The first-order valence-corrected chi connectivity index (χ1v) is 5.83. The van der Waals surface area contributed by atoms with Crippen molar-refractivity contribution in [1.29, 1.82) is 0 Å². The van der Waals surface area contributed by atoms with Gasteiger partial charge in [0.15, 0.2) is 0 Å². The van der Waals surface area contributed by atoms with Crippen LogP contribution in [-0.4, -0.2) is 42.9 Å². The largest absolute Gasteiger partial charge is 0.480 e. The minimum atomic E-state index is -1.01. The highest BCUT2D eigenvalue weighted by Crippen LogP contribution is 1.97. The Balaban J connectivity index is 4.16. The number of methoxy groups -OCH3 is 1. The summed E-state index contributed by atoms with van der Waals surface area (Å²) in [5.74, 6) is -1.01. The van der Waals surface area contributed by atoms with E-state index in [0.29, 0.717) is 19.4 Å². The Morgan fingerprint density at radius 1 is 1.29 bits per heavy atom. The molecule has 2 atom stereocenters. The van der Waals surface area contributed by atoms with Crippen molar-refractivity contribution < 1.29 is 19.4 Å². The third kappa shape index (κ3) is 6.78. The van der Waals surface area contributed by atoms with E-state index in [0.717, 1.165) is 6.42 Å². The lowest BCUT2D eigenvalue weighted by molar-refractivity contribution is -0.139. The number of hydrogen-bond donors (Lipinski definition) is 3. The predicted molar refractivity (Wildman–Crippen MR) is 64.0 cm³/mol. The van der Waals surface area contributed by atoms with Gasteiger partial charge in [0.05, 0.1) is 12.6 Å². The van der Waals surface area contributed by atoms with Crippen molar-refractivity contribution >= 4 is 12.0 Å². The van der Waals surface area contributed by atoms with E-state index in [1.165, 1.54) is 0 Å². The lowest BCUT2D eigenvalue weighted by atomic mass is 10.2. The lowest BCUT2D eigenvalue weighted by Crippen LogP contribution is -2.49. The molecule has 0 saturated carbocycles. The van der Waals surface area contributed by atoms with Crippen molar-refractivity contribution in [3.05, 3.63) is 0 Å². The van der Waals surface area contributed by atoms with Crippen LogP contribution in [-0.2, 0) is 9.53 Å². The highest BCUT2D eigenvalue weighted by Gasteiger charge is 2.19. The molecule has 0 aliphatic heterocycles. The topological polar surface area (TPSA) is 87.7 Å². The average molecular weight is 246 g/mol. The molecule has 0 bridgehead atoms. The van der Waals surface area contributed by atoms with Crippen LogP contribution < -0.4 is 10.6 Å². The van der Waals surface area contributed by atoms with Crippen LogP contribution >= 0.6 is 0 Å². The molecule has 6 nitrogen and oxygen atoms in total. The molecule has 2 amide bonds. The summed E-state index contributed by atoms with van der Waals surface area (Å²) in [6, 6.07) is -1.40. The molecule has 17 heavy (non-hydrogen) atoms. The smallest absolute Gasteiger partial charge is 0.326 e. The quantitative estimate of drug-likeness (QED) is 0.595. The van der Waals surface area contributed by atoms with Crippen LogP contribution in [0.25, 0.3) is 0 Å². The highest BCUT2D eigenvalue weighted by atomic mass is 16.5. The third-order valence-corrected chi connectivity index (χ3v) is 2.38. The second kappa shape index (κ2) is 8.81. The van der Waals surface area contributed by atoms with E-state index in [1.54, 1.807) is 7.11 Å². The van der Waals surface area contributed by atoms with Gasteiger partial charge in [-0.05, 0) is 12.8 Å². The Hall–Kier alpha value is -1.30. The van der Waals surface area contributed by atoms with Crippen LogP contribution in [0.5, 0.6) is 0 Å². The normalized spacial score (nSPS) is 13.8. The van der Waals surface area contributed by atoms with E-state index < -0.39 is 18.0 Å².